The predicted molar refractivity (Wildman–Crippen MR) is 72.9 cm³/mol. The molecule has 0 bridgehead atoms. The molecule has 0 aliphatic heterocycles. The summed E-state index contributed by atoms with van der Waals surface area (Å²) in [6.45, 7) is 0.399. The molecule has 2 amide bonds. The van der Waals surface area contributed by atoms with Gasteiger partial charge in [0.15, 0.2) is 0 Å². The van der Waals surface area contributed by atoms with Gasteiger partial charge in [-0.25, -0.2) is 0 Å². The van der Waals surface area contributed by atoms with Gasteiger partial charge >= 0.3 is 0 Å². The number of nitrogens with two attached hydrogens (primary N) is 2. The molecule has 0 aromatic heterocycles. The Labute approximate surface area is 112 Å². The molecule has 5 nitrogen and oxygen atoms in total. The lowest BCUT2D eigenvalue weighted by atomic mass is 10.1. The van der Waals surface area contributed by atoms with Crippen molar-refractivity contribution in [2.75, 3.05) is 7.05 Å². The molecule has 100 valence electrons. The van der Waals surface area contributed by atoms with Gasteiger partial charge in [-0.15, -0.1) is 12.3 Å². The third-order valence-corrected chi connectivity index (χ3v) is 2.69. The van der Waals surface area contributed by atoms with Gasteiger partial charge in [0.05, 0.1) is 6.04 Å². The maximum absolute atomic E-state index is 11.8. The molecule has 0 radical (unpaired) electrons. The number of nitrogens with zero attached hydrogens (tertiary/aromatic N) is 1. The zero-order chi connectivity index (χ0) is 14.4. The average molecular weight is 259 g/mol. The molecule has 1 aromatic carbocycles. The smallest absolute Gasteiger partial charge is 0.248 e. The first-order valence-electron chi connectivity index (χ1n) is 5.78. The molecule has 0 heterocycles. The minimum atomic E-state index is -0.681. The van der Waals surface area contributed by atoms with Crippen LogP contribution in [0.5, 0.6) is 0 Å². The molecule has 4 N–H and O–H groups in total. The van der Waals surface area contributed by atoms with E-state index in [2.05, 4.69) is 5.92 Å². The van der Waals surface area contributed by atoms with Crippen molar-refractivity contribution in [3.8, 4) is 12.3 Å². The van der Waals surface area contributed by atoms with Crippen LogP contribution in [0.2, 0.25) is 0 Å². The van der Waals surface area contributed by atoms with Gasteiger partial charge in [-0.3, -0.25) is 9.59 Å². The number of benzene rings is 1. The Morgan fingerprint density at radius 3 is 2.42 bits per heavy atom. The van der Waals surface area contributed by atoms with Crippen LogP contribution in [0.3, 0.4) is 0 Å². The van der Waals surface area contributed by atoms with Crippen molar-refractivity contribution in [3.63, 3.8) is 0 Å². The first-order valence-corrected chi connectivity index (χ1v) is 5.78. The summed E-state index contributed by atoms with van der Waals surface area (Å²) in [4.78, 5) is 24.3. The van der Waals surface area contributed by atoms with Gasteiger partial charge in [0, 0.05) is 25.6 Å². The van der Waals surface area contributed by atoms with E-state index in [1.807, 2.05) is 0 Å². The molecule has 0 saturated carbocycles. The first-order chi connectivity index (χ1) is 8.95. The monoisotopic (exact) mass is 259 g/mol. The fourth-order valence-corrected chi connectivity index (χ4v) is 1.62. The topological polar surface area (TPSA) is 89.4 Å². The summed E-state index contributed by atoms with van der Waals surface area (Å²) in [6, 6.07) is 6.06. The molecule has 0 aliphatic carbocycles. The molecule has 1 aromatic rings. The van der Waals surface area contributed by atoms with E-state index >= 15 is 0 Å². The van der Waals surface area contributed by atoms with E-state index in [0.717, 1.165) is 5.56 Å². The lowest BCUT2D eigenvalue weighted by Gasteiger charge is -2.20. The van der Waals surface area contributed by atoms with Crippen molar-refractivity contribution in [1.29, 1.82) is 0 Å². The summed E-state index contributed by atoms with van der Waals surface area (Å²) in [5, 5.41) is 0. The summed E-state index contributed by atoms with van der Waals surface area (Å²) in [7, 11) is 1.65. The lowest BCUT2D eigenvalue weighted by molar-refractivity contribution is -0.131. The maximum atomic E-state index is 11.8. The molecule has 0 aliphatic rings. The van der Waals surface area contributed by atoms with Crippen LogP contribution in [0.25, 0.3) is 0 Å². The van der Waals surface area contributed by atoms with Crippen LogP contribution in [0.15, 0.2) is 24.3 Å². The largest absolute Gasteiger partial charge is 0.366 e. The van der Waals surface area contributed by atoms with Gasteiger partial charge < -0.3 is 16.4 Å². The van der Waals surface area contributed by atoms with Crippen LogP contribution in [-0.2, 0) is 11.3 Å². The molecule has 1 rings (SSSR count). The van der Waals surface area contributed by atoms with Gasteiger partial charge in [-0.1, -0.05) is 12.1 Å². The van der Waals surface area contributed by atoms with Crippen molar-refractivity contribution in [3.05, 3.63) is 35.4 Å². The van der Waals surface area contributed by atoms with Crippen LogP contribution in [0.1, 0.15) is 22.3 Å². The number of carbonyl (C=O) groups excluding carboxylic acids is 2. The molecule has 5 heteroatoms. The van der Waals surface area contributed by atoms with E-state index in [0.29, 0.717) is 12.1 Å². The minimum Gasteiger partial charge on any atom is -0.366 e. The number of amides is 2. The van der Waals surface area contributed by atoms with E-state index in [1.165, 1.54) is 4.90 Å². The van der Waals surface area contributed by atoms with E-state index in [4.69, 9.17) is 17.9 Å². The Morgan fingerprint density at radius 2 is 1.95 bits per heavy atom. The van der Waals surface area contributed by atoms with Gasteiger partial charge in [0.2, 0.25) is 11.8 Å². The molecular weight excluding hydrogens is 242 g/mol. The lowest BCUT2D eigenvalue weighted by Crippen LogP contribution is -2.41. The standard InChI is InChI=1S/C14H17N3O2/c1-3-4-12(15)14(19)17(2)9-10-5-7-11(8-6-10)13(16)18/h1,5-8,12H,4,9,15H2,2H3,(H2,16,18). The minimum absolute atomic E-state index is 0.211. The Bertz CT molecular complexity index is 502. The molecule has 1 unspecified atom stereocenters. The Morgan fingerprint density at radius 1 is 1.37 bits per heavy atom. The molecule has 0 fully saturated rings. The average Bonchev–Trinajstić information content (AvgIpc) is 2.38. The molecule has 0 saturated heterocycles. The van der Waals surface area contributed by atoms with Crippen molar-refractivity contribution >= 4 is 11.8 Å². The first kappa shape index (κ1) is 14.7. The van der Waals surface area contributed by atoms with E-state index in [9.17, 15) is 9.59 Å². The van der Waals surface area contributed by atoms with Crippen molar-refractivity contribution in [1.82, 2.24) is 4.90 Å². The number of primary amides is 1. The molecule has 1 atom stereocenters. The normalized spacial score (nSPS) is 11.4. The number of terminal acetylenes is 1. The molecule has 0 spiro atoms. The number of hydrogen-bond donors (Lipinski definition) is 2. The summed E-state index contributed by atoms with van der Waals surface area (Å²) in [5.74, 6) is 1.67. The Balaban J connectivity index is 2.66. The van der Waals surface area contributed by atoms with Crippen LogP contribution in [0.4, 0.5) is 0 Å². The van der Waals surface area contributed by atoms with Gasteiger partial charge in [-0.05, 0) is 17.7 Å². The predicted octanol–water partition coefficient (Wildman–Crippen LogP) is 0.0945. The summed E-state index contributed by atoms with van der Waals surface area (Å²) in [5.41, 5.74) is 12.1. The highest BCUT2D eigenvalue weighted by Gasteiger charge is 2.17. The van der Waals surface area contributed by atoms with Crippen molar-refractivity contribution in [2.45, 2.75) is 19.0 Å². The summed E-state index contributed by atoms with van der Waals surface area (Å²) >= 11 is 0. The SMILES string of the molecule is C#CCC(N)C(=O)N(C)Cc1ccc(C(N)=O)cc1. The fourth-order valence-electron chi connectivity index (χ4n) is 1.62. The zero-order valence-corrected chi connectivity index (χ0v) is 10.8. The van der Waals surface area contributed by atoms with Crippen molar-refractivity contribution < 1.29 is 9.59 Å². The van der Waals surface area contributed by atoms with E-state index < -0.39 is 11.9 Å². The van der Waals surface area contributed by atoms with Crippen LogP contribution >= 0.6 is 0 Å². The van der Waals surface area contributed by atoms with Crippen LogP contribution in [-0.4, -0.2) is 29.8 Å². The fraction of sp³-hybridized carbons (Fsp3) is 0.286. The third-order valence-electron chi connectivity index (χ3n) is 2.69. The number of rotatable bonds is 5. The van der Waals surface area contributed by atoms with Gasteiger partial charge in [0.25, 0.3) is 0 Å². The molecular formula is C14H17N3O2. The Hall–Kier alpha value is -2.32. The second-order valence-electron chi connectivity index (χ2n) is 4.27. The Kier molecular flexibility index (Phi) is 5.10. The highest BCUT2D eigenvalue weighted by molar-refractivity contribution is 5.92. The second-order valence-corrected chi connectivity index (χ2v) is 4.27. The summed E-state index contributed by atoms with van der Waals surface area (Å²) in [6.07, 6.45) is 5.33. The van der Waals surface area contributed by atoms with E-state index in [1.54, 1.807) is 31.3 Å². The third kappa shape index (κ3) is 4.12. The number of hydrogen-bond acceptors (Lipinski definition) is 3. The van der Waals surface area contributed by atoms with Gasteiger partial charge in [0.1, 0.15) is 0 Å². The highest BCUT2D eigenvalue weighted by Crippen LogP contribution is 2.07. The van der Waals surface area contributed by atoms with Crippen molar-refractivity contribution in [2.24, 2.45) is 11.5 Å². The maximum Gasteiger partial charge on any atom is 0.248 e. The second kappa shape index (κ2) is 6.57. The van der Waals surface area contributed by atoms with Crippen LogP contribution in [0, 0.1) is 12.3 Å². The van der Waals surface area contributed by atoms with E-state index in [-0.39, 0.29) is 12.3 Å². The van der Waals surface area contributed by atoms with Crippen LogP contribution < -0.4 is 11.5 Å². The number of carbonyl (C=O) groups is 2. The highest BCUT2D eigenvalue weighted by atomic mass is 16.2. The van der Waals surface area contributed by atoms with Gasteiger partial charge in [-0.2, -0.15) is 0 Å². The number of likely N-dealkylation sites (N-methyl/N-ethyl adjacent to an activating group) is 1. The molecule has 19 heavy (non-hydrogen) atoms. The summed E-state index contributed by atoms with van der Waals surface area (Å²) < 4.78 is 0. The zero-order valence-electron chi connectivity index (χ0n) is 10.8. The quantitative estimate of drug-likeness (QED) is 0.735.